The first-order valence-corrected chi connectivity index (χ1v) is 9.00. The van der Waals surface area contributed by atoms with Gasteiger partial charge in [-0.15, -0.1) is 0 Å². The molecule has 1 fully saturated rings. The number of hydrazine groups is 1. The summed E-state index contributed by atoms with van der Waals surface area (Å²) < 4.78 is 19.0. The van der Waals surface area contributed by atoms with E-state index in [1.165, 1.54) is 23.2 Å². The first-order valence-electron chi connectivity index (χ1n) is 9.00. The van der Waals surface area contributed by atoms with Crippen LogP contribution in [0.15, 0.2) is 84.4 Å². The average Bonchev–Trinajstić information content (AvgIpc) is 3.02. The number of para-hydroxylation sites is 1. The molecule has 0 atom stereocenters. The fraction of sp³-hybridized carbons (Fsp3) is 0.0435. The van der Waals surface area contributed by atoms with E-state index in [0.29, 0.717) is 22.6 Å². The summed E-state index contributed by atoms with van der Waals surface area (Å²) in [6.45, 7) is 0.207. The van der Waals surface area contributed by atoms with Gasteiger partial charge >= 0.3 is 0 Å². The molecule has 5 nitrogen and oxygen atoms in total. The van der Waals surface area contributed by atoms with Gasteiger partial charge < -0.3 is 4.74 Å². The van der Waals surface area contributed by atoms with Crippen LogP contribution < -0.4 is 15.2 Å². The number of rotatable bonds is 5. The van der Waals surface area contributed by atoms with Gasteiger partial charge in [-0.3, -0.25) is 15.0 Å². The van der Waals surface area contributed by atoms with Crippen molar-refractivity contribution in [3.8, 4) is 5.75 Å². The summed E-state index contributed by atoms with van der Waals surface area (Å²) in [6, 6.07) is 22.1. The Labute approximate surface area is 167 Å². The van der Waals surface area contributed by atoms with E-state index in [0.717, 1.165) is 0 Å². The second-order valence-electron chi connectivity index (χ2n) is 6.47. The van der Waals surface area contributed by atoms with Crippen molar-refractivity contribution in [1.82, 2.24) is 5.43 Å². The molecule has 29 heavy (non-hydrogen) atoms. The van der Waals surface area contributed by atoms with Crippen LogP contribution in [0.4, 0.5) is 10.1 Å². The van der Waals surface area contributed by atoms with Gasteiger partial charge in [-0.25, -0.2) is 9.40 Å². The molecule has 3 aromatic carbocycles. The fourth-order valence-electron chi connectivity index (χ4n) is 2.97. The molecule has 0 spiro atoms. The smallest absolute Gasteiger partial charge is 0.282 e. The quantitative estimate of drug-likeness (QED) is 0.533. The molecule has 0 radical (unpaired) electrons. The predicted molar refractivity (Wildman–Crippen MR) is 107 cm³/mol. The molecule has 0 bridgehead atoms. The first-order chi connectivity index (χ1) is 14.1. The molecule has 4 rings (SSSR count). The second kappa shape index (κ2) is 7.98. The van der Waals surface area contributed by atoms with Gasteiger partial charge in [0, 0.05) is 0 Å². The van der Waals surface area contributed by atoms with Gasteiger partial charge in [0.05, 0.1) is 5.69 Å². The Morgan fingerprint density at radius 3 is 2.52 bits per heavy atom. The van der Waals surface area contributed by atoms with E-state index in [1.807, 2.05) is 6.07 Å². The van der Waals surface area contributed by atoms with Crippen LogP contribution in [0.3, 0.4) is 0 Å². The lowest BCUT2D eigenvalue weighted by Gasteiger charge is -2.13. The number of halogens is 1. The third-order valence-electron chi connectivity index (χ3n) is 4.37. The highest BCUT2D eigenvalue weighted by Crippen LogP contribution is 2.23. The van der Waals surface area contributed by atoms with Crippen LogP contribution >= 0.6 is 0 Å². The number of hydrogen-bond acceptors (Lipinski definition) is 3. The van der Waals surface area contributed by atoms with Gasteiger partial charge in [0.15, 0.2) is 0 Å². The van der Waals surface area contributed by atoms with Gasteiger partial charge in [-0.05, 0) is 53.6 Å². The first kappa shape index (κ1) is 18.4. The summed E-state index contributed by atoms with van der Waals surface area (Å²) in [6.07, 6.45) is 1.52. The van der Waals surface area contributed by atoms with Crippen LogP contribution in [0.5, 0.6) is 5.75 Å². The minimum atomic E-state index is -0.468. The van der Waals surface area contributed by atoms with Crippen molar-refractivity contribution < 1.29 is 18.7 Å². The van der Waals surface area contributed by atoms with E-state index < -0.39 is 11.8 Å². The Hall–Kier alpha value is -3.93. The second-order valence-corrected chi connectivity index (χ2v) is 6.47. The number of nitrogens with zero attached hydrogens (tertiary/aromatic N) is 1. The molecule has 3 aromatic rings. The van der Waals surface area contributed by atoms with Crippen LogP contribution in [-0.4, -0.2) is 11.8 Å². The molecule has 6 heteroatoms. The zero-order valence-corrected chi connectivity index (χ0v) is 15.3. The van der Waals surface area contributed by atoms with E-state index in [4.69, 9.17) is 4.74 Å². The molecule has 2 amide bonds. The van der Waals surface area contributed by atoms with Crippen LogP contribution in [0.25, 0.3) is 6.08 Å². The maximum absolute atomic E-state index is 13.3. The van der Waals surface area contributed by atoms with Gasteiger partial charge in [-0.2, -0.15) is 0 Å². The molecule has 1 aliphatic heterocycles. The van der Waals surface area contributed by atoms with Crippen molar-refractivity contribution in [1.29, 1.82) is 0 Å². The Morgan fingerprint density at radius 2 is 1.72 bits per heavy atom. The Kier molecular flexibility index (Phi) is 5.07. The summed E-state index contributed by atoms with van der Waals surface area (Å²) in [7, 11) is 0. The van der Waals surface area contributed by atoms with E-state index in [-0.39, 0.29) is 18.0 Å². The van der Waals surface area contributed by atoms with E-state index in [9.17, 15) is 14.0 Å². The zero-order chi connectivity index (χ0) is 20.2. The third-order valence-corrected chi connectivity index (χ3v) is 4.37. The molecular formula is C23H17FN2O3. The minimum Gasteiger partial charge on any atom is -0.489 e. The number of ether oxygens (including phenoxy) is 1. The normalized spacial score (nSPS) is 14.9. The monoisotopic (exact) mass is 388 g/mol. The number of amides is 2. The number of anilines is 1. The molecule has 144 valence electrons. The van der Waals surface area contributed by atoms with Crippen molar-refractivity contribution in [3.05, 3.63) is 101 Å². The summed E-state index contributed by atoms with van der Waals surface area (Å²) in [5, 5.41) is 1.22. The van der Waals surface area contributed by atoms with Crippen molar-refractivity contribution in [2.45, 2.75) is 6.61 Å². The Balaban J connectivity index is 1.51. The third kappa shape index (κ3) is 4.16. The molecule has 0 unspecified atom stereocenters. The van der Waals surface area contributed by atoms with Crippen molar-refractivity contribution in [2.75, 3.05) is 5.01 Å². The fourth-order valence-corrected chi connectivity index (χ4v) is 2.97. The van der Waals surface area contributed by atoms with Crippen LogP contribution in [0, 0.1) is 5.82 Å². The highest BCUT2D eigenvalue weighted by atomic mass is 19.1. The van der Waals surface area contributed by atoms with Crippen molar-refractivity contribution in [2.24, 2.45) is 0 Å². The predicted octanol–water partition coefficient (Wildman–Crippen LogP) is 3.87. The van der Waals surface area contributed by atoms with E-state index in [1.54, 1.807) is 60.7 Å². The minimum absolute atomic E-state index is 0.0381. The Morgan fingerprint density at radius 1 is 0.931 bits per heavy atom. The molecular weight excluding hydrogens is 371 g/mol. The molecule has 1 saturated heterocycles. The van der Waals surface area contributed by atoms with Gasteiger partial charge in [-0.1, -0.05) is 42.5 Å². The molecule has 1 N–H and O–H groups in total. The topological polar surface area (TPSA) is 58.6 Å². The van der Waals surface area contributed by atoms with Crippen LogP contribution in [-0.2, 0) is 16.2 Å². The van der Waals surface area contributed by atoms with E-state index >= 15 is 0 Å². The lowest BCUT2D eigenvalue weighted by molar-refractivity contribution is -0.117. The maximum atomic E-state index is 13.3. The lowest BCUT2D eigenvalue weighted by atomic mass is 10.1. The van der Waals surface area contributed by atoms with Crippen molar-refractivity contribution in [3.63, 3.8) is 0 Å². The summed E-state index contributed by atoms with van der Waals surface area (Å²) in [5.41, 5.74) is 4.54. The van der Waals surface area contributed by atoms with Gasteiger partial charge in [0.1, 0.15) is 23.7 Å². The number of hydrogen-bond donors (Lipinski definition) is 1. The summed E-state index contributed by atoms with van der Waals surface area (Å²) in [5.74, 6) is -0.662. The van der Waals surface area contributed by atoms with Gasteiger partial charge in [0.2, 0.25) is 0 Å². The average molecular weight is 388 g/mol. The number of carbonyl (C=O) groups excluding carboxylic acids is 2. The van der Waals surface area contributed by atoms with Gasteiger partial charge in [0.25, 0.3) is 11.8 Å². The highest BCUT2D eigenvalue weighted by Gasteiger charge is 2.34. The highest BCUT2D eigenvalue weighted by molar-refractivity contribution is 6.31. The van der Waals surface area contributed by atoms with Crippen LogP contribution in [0.2, 0.25) is 0 Å². The molecule has 1 heterocycles. The molecule has 0 aliphatic carbocycles. The molecule has 0 saturated carbocycles. The van der Waals surface area contributed by atoms with Crippen LogP contribution in [0.1, 0.15) is 11.1 Å². The number of nitrogens with one attached hydrogen (secondary N) is 1. The number of benzene rings is 3. The SMILES string of the molecule is O=C1NN(c2ccccc2)C(=O)/C1=C\c1cccc(OCc2cccc(F)c2)c1. The summed E-state index contributed by atoms with van der Waals surface area (Å²) in [4.78, 5) is 24.9. The zero-order valence-electron chi connectivity index (χ0n) is 15.3. The summed E-state index contributed by atoms with van der Waals surface area (Å²) >= 11 is 0. The van der Waals surface area contributed by atoms with Crippen molar-refractivity contribution >= 4 is 23.6 Å². The Bertz CT molecular complexity index is 1100. The molecule has 0 aromatic heterocycles. The standard InChI is InChI=1S/C23H17FN2O3/c24-18-8-4-7-17(12-18)15-29-20-11-5-6-16(13-20)14-21-22(27)25-26(23(21)28)19-9-2-1-3-10-19/h1-14H,15H2,(H,25,27)/b21-14-. The lowest BCUT2D eigenvalue weighted by Crippen LogP contribution is -2.35. The van der Waals surface area contributed by atoms with E-state index in [2.05, 4.69) is 5.43 Å². The number of carbonyl (C=O) groups is 2. The largest absolute Gasteiger partial charge is 0.489 e. The molecule has 1 aliphatic rings. The maximum Gasteiger partial charge on any atom is 0.282 e.